The minimum atomic E-state index is -1.17. The molecule has 0 bridgehead atoms. The van der Waals surface area contributed by atoms with Crippen molar-refractivity contribution in [1.82, 2.24) is 25.6 Å². The Morgan fingerprint density at radius 1 is 0.889 bits per heavy atom. The van der Waals surface area contributed by atoms with Gasteiger partial charge in [0, 0.05) is 41.8 Å². The van der Waals surface area contributed by atoms with Crippen LogP contribution in [0.15, 0.2) is 73.3 Å². The molecule has 0 saturated heterocycles. The summed E-state index contributed by atoms with van der Waals surface area (Å²) in [6.45, 7) is 0. The number of carboxylic acid groups (broad SMARTS) is 1. The summed E-state index contributed by atoms with van der Waals surface area (Å²) in [4.78, 5) is 48.0. The second-order valence-electron chi connectivity index (χ2n) is 8.60. The Hall–Kier alpha value is -4.44. The van der Waals surface area contributed by atoms with Crippen molar-refractivity contribution in [2.24, 2.45) is 5.73 Å². The van der Waals surface area contributed by atoms with Crippen LogP contribution in [0.3, 0.4) is 0 Å². The number of hydrogen-bond acceptors (Lipinski definition) is 5. The highest BCUT2D eigenvalue weighted by molar-refractivity contribution is 5.92. The third kappa shape index (κ3) is 6.16. The zero-order chi connectivity index (χ0) is 25.5. The van der Waals surface area contributed by atoms with E-state index < -0.39 is 35.9 Å². The van der Waals surface area contributed by atoms with Crippen LogP contribution in [0.5, 0.6) is 0 Å². The number of carboxylic acids is 1. The fraction of sp³-hybridized carbons (Fsp3) is 0.231. The first-order valence-electron chi connectivity index (χ1n) is 11.6. The van der Waals surface area contributed by atoms with E-state index in [-0.39, 0.29) is 19.3 Å². The number of para-hydroxylation sites is 1. The van der Waals surface area contributed by atoms with E-state index in [0.717, 1.165) is 22.0 Å². The van der Waals surface area contributed by atoms with Crippen molar-refractivity contribution in [3.63, 3.8) is 0 Å². The minimum Gasteiger partial charge on any atom is -0.480 e. The standard InChI is InChI=1S/C26H28N6O4/c27-20(11-17-13-29-21-9-5-4-8-19(17)21)24(33)31-22(12-18-14-28-15-30-18)25(34)32-23(26(35)36)10-16-6-2-1-3-7-16/h1-9,13-15,20,22-23,29H,10-12,27H2,(H,28,30)(H,31,33)(H,32,34)(H,35,36). The van der Waals surface area contributed by atoms with E-state index in [9.17, 15) is 19.5 Å². The predicted molar refractivity (Wildman–Crippen MR) is 134 cm³/mol. The molecule has 3 atom stereocenters. The molecule has 3 unspecified atom stereocenters. The molecule has 0 aliphatic carbocycles. The highest BCUT2D eigenvalue weighted by Gasteiger charge is 2.29. The van der Waals surface area contributed by atoms with Crippen LogP contribution in [-0.4, -0.2) is 56.0 Å². The van der Waals surface area contributed by atoms with Crippen molar-refractivity contribution in [2.45, 2.75) is 37.4 Å². The number of nitrogens with one attached hydrogen (secondary N) is 4. The van der Waals surface area contributed by atoms with Crippen LogP contribution in [0.1, 0.15) is 16.8 Å². The van der Waals surface area contributed by atoms with Gasteiger partial charge in [-0.3, -0.25) is 9.59 Å². The molecule has 10 nitrogen and oxygen atoms in total. The minimum absolute atomic E-state index is 0.0923. The molecule has 0 spiro atoms. The maximum Gasteiger partial charge on any atom is 0.326 e. The third-order valence-corrected chi connectivity index (χ3v) is 5.96. The van der Waals surface area contributed by atoms with Gasteiger partial charge in [-0.15, -0.1) is 0 Å². The van der Waals surface area contributed by atoms with Crippen molar-refractivity contribution in [1.29, 1.82) is 0 Å². The topological polar surface area (TPSA) is 166 Å². The number of nitrogens with zero attached hydrogens (tertiary/aromatic N) is 1. The van der Waals surface area contributed by atoms with Crippen LogP contribution in [-0.2, 0) is 33.6 Å². The first kappa shape index (κ1) is 24.7. The fourth-order valence-corrected chi connectivity index (χ4v) is 4.06. The quantitative estimate of drug-likeness (QED) is 0.186. The highest BCUT2D eigenvalue weighted by Crippen LogP contribution is 2.19. The summed E-state index contributed by atoms with van der Waals surface area (Å²) in [5.41, 5.74) is 9.40. The van der Waals surface area contributed by atoms with E-state index >= 15 is 0 Å². The summed E-state index contributed by atoms with van der Waals surface area (Å²) in [7, 11) is 0. The summed E-state index contributed by atoms with van der Waals surface area (Å²) >= 11 is 0. The lowest BCUT2D eigenvalue weighted by molar-refractivity contribution is -0.142. The number of carbonyl (C=O) groups is 3. The molecule has 2 heterocycles. The zero-order valence-corrected chi connectivity index (χ0v) is 19.5. The van der Waals surface area contributed by atoms with Gasteiger partial charge in [0.25, 0.3) is 0 Å². The van der Waals surface area contributed by atoms with E-state index in [2.05, 4.69) is 25.6 Å². The number of rotatable bonds is 11. The molecular formula is C26H28N6O4. The molecular weight excluding hydrogens is 460 g/mol. The Balaban J connectivity index is 1.46. The van der Waals surface area contributed by atoms with Crippen molar-refractivity contribution in [2.75, 3.05) is 0 Å². The molecule has 0 radical (unpaired) electrons. The molecule has 2 aromatic heterocycles. The number of benzene rings is 2. The van der Waals surface area contributed by atoms with Gasteiger partial charge in [-0.25, -0.2) is 9.78 Å². The second kappa shape index (κ2) is 11.3. The van der Waals surface area contributed by atoms with Gasteiger partial charge < -0.3 is 31.4 Å². The van der Waals surface area contributed by atoms with Gasteiger partial charge in [-0.2, -0.15) is 0 Å². The number of carbonyl (C=O) groups excluding carboxylic acids is 2. The summed E-state index contributed by atoms with van der Waals surface area (Å²) < 4.78 is 0. The smallest absolute Gasteiger partial charge is 0.326 e. The van der Waals surface area contributed by atoms with Gasteiger partial charge in [-0.1, -0.05) is 48.5 Å². The number of aromatic nitrogens is 3. The van der Waals surface area contributed by atoms with Crippen LogP contribution >= 0.6 is 0 Å². The van der Waals surface area contributed by atoms with Crippen LogP contribution in [0.2, 0.25) is 0 Å². The molecule has 0 saturated carbocycles. The largest absolute Gasteiger partial charge is 0.480 e. The normalized spacial score (nSPS) is 13.6. The molecule has 0 aliphatic rings. The van der Waals surface area contributed by atoms with Crippen molar-refractivity contribution < 1.29 is 19.5 Å². The van der Waals surface area contributed by atoms with Gasteiger partial charge in [0.1, 0.15) is 12.1 Å². The maximum atomic E-state index is 13.2. The van der Waals surface area contributed by atoms with Gasteiger partial charge >= 0.3 is 5.97 Å². The number of aromatic amines is 2. The molecule has 36 heavy (non-hydrogen) atoms. The summed E-state index contributed by atoms with van der Waals surface area (Å²) in [5, 5.41) is 15.9. The van der Waals surface area contributed by atoms with E-state index in [1.54, 1.807) is 24.3 Å². The number of nitrogens with two attached hydrogens (primary N) is 1. The average molecular weight is 489 g/mol. The van der Waals surface area contributed by atoms with E-state index in [1.165, 1.54) is 12.5 Å². The molecule has 2 amide bonds. The summed E-state index contributed by atoms with van der Waals surface area (Å²) in [6.07, 6.45) is 5.27. The lowest BCUT2D eigenvalue weighted by Gasteiger charge is -2.23. The maximum absolute atomic E-state index is 13.2. The highest BCUT2D eigenvalue weighted by atomic mass is 16.4. The Kier molecular flexibility index (Phi) is 7.76. The van der Waals surface area contributed by atoms with Gasteiger partial charge in [0.05, 0.1) is 12.4 Å². The molecule has 186 valence electrons. The number of hydrogen-bond donors (Lipinski definition) is 6. The van der Waals surface area contributed by atoms with Crippen LogP contribution in [0.4, 0.5) is 0 Å². The molecule has 2 aromatic carbocycles. The van der Waals surface area contributed by atoms with Gasteiger partial charge in [0.2, 0.25) is 11.8 Å². The number of imidazole rings is 1. The summed E-state index contributed by atoms with van der Waals surface area (Å²) in [6, 6.07) is 13.6. The van der Waals surface area contributed by atoms with E-state index in [0.29, 0.717) is 5.69 Å². The Labute approximate surface area is 207 Å². The van der Waals surface area contributed by atoms with E-state index in [1.807, 2.05) is 36.5 Å². The first-order chi connectivity index (χ1) is 17.4. The molecule has 7 N–H and O–H groups in total. The van der Waals surface area contributed by atoms with Crippen molar-refractivity contribution in [3.8, 4) is 0 Å². The monoisotopic (exact) mass is 488 g/mol. The number of fused-ring (bicyclic) bond motifs is 1. The van der Waals surface area contributed by atoms with E-state index in [4.69, 9.17) is 5.73 Å². The predicted octanol–water partition coefficient (Wildman–Crippen LogP) is 1.30. The number of aliphatic carboxylic acids is 1. The van der Waals surface area contributed by atoms with Crippen LogP contribution in [0, 0.1) is 0 Å². The van der Waals surface area contributed by atoms with Crippen molar-refractivity contribution in [3.05, 3.63) is 90.1 Å². The Morgan fingerprint density at radius 2 is 1.61 bits per heavy atom. The van der Waals surface area contributed by atoms with Crippen molar-refractivity contribution >= 4 is 28.7 Å². The molecule has 4 aromatic rings. The molecule has 10 heteroatoms. The first-order valence-corrected chi connectivity index (χ1v) is 11.6. The second-order valence-corrected chi connectivity index (χ2v) is 8.60. The SMILES string of the molecule is NC(Cc1c[nH]c2ccccc12)C(=O)NC(Cc1cnc[nH]1)C(=O)NC(Cc1ccccc1)C(=O)O. The van der Waals surface area contributed by atoms with Crippen LogP contribution in [0.25, 0.3) is 10.9 Å². The van der Waals surface area contributed by atoms with Gasteiger partial charge in [0.15, 0.2) is 0 Å². The molecule has 0 aliphatic heterocycles. The fourth-order valence-electron chi connectivity index (χ4n) is 4.06. The summed E-state index contributed by atoms with van der Waals surface area (Å²) in [5.74, 6) is -2.31. The average Bonchev–Trinajstić information content (AvgIpc) is 3.54. The molecule has 0 fully saturated rings. The lowest BCUT2D eigenvalue weighted by atomic mass is 10.0. The lowest BCUT2D eigenvalue weighted by Crippen LogP contribution is -2.56. The third-order valence-electron chi connectivity index (χ3n) is 5.96. The molecule has 4 rings (SSSR count). The number of H-pyrrole nitrogens is 2. The van der Waals surface area contributed by atoms with Gasteiger partial charge in [-0.05, 0) is 23.6 Å². The number of amides is 2. The Bertz CT molecular complexity index is 1320. The zero-order valence-electron chi connectivity index (χ0n) is 19.5. The van der Waals surface area contributed by atoms with Crippen LogP contribution < -0.4 is 16.4 Å². The Morgan fingerprint density at radius 3 is 2.33 bits per heavy atom.